The maximum absolute atomic E-state index is 5.91. The van der Waals surface area contributed by atoms with Gasteiger partial charge in [-0.3, -0.25) is 0 Å². The van der Waals surface area contributed by atoms with Crippen molar-refractivity contribution in [3.63, 3.8) is 0 Å². The van der Waals surface area contributed by atoms with E-state index in [1.54, 1.807) is 0 Å². The number of halogens is 2. The molecule has 0 unspecified atom stereocenters. The Morgan fingerprint density at radius 3 is 2.38 bits per heavy atom. The molecular formula is C12H16Cl2N2. The van der Waals surface area contributed by atoms with Gasteiger partial charge in [0.25, 0.3) is 0 Å². The maximum Gasteiger partial charge on any atom is 0.131 e. The van der Waals surface area contributed by atoms with Crippen LogP contribution in [0.25, 0.3) is 0 Å². The van der Waals surface area contributed by atoms with Gasteiger partial charge in [0.2, 0.25) is 0 Å². The van der Waals surface area contributed by atoms with Crippen molar-refractivity contribution in [3.8, 4) is 0 Å². The smallest absolute Gasteiger partial charge is 0.131 e. The van der Waals surface area contributed by atoms with E-state index in [-0.39, 0.29) is 5.54 Å². The molecule has 4 heteroatoms. The Labute approximate surface area is 106 Å². The second kappa shape index (κ2) is 4.52. The SMILES string of the molecule is CC(C)(NCC1CC1)c1cc(Cl)nc(Cl)c1. The fourth-order valence-corrected chi connectivity index (χ4v) is 2.11. The first kappa shape index (κ1) is 12.2. The van der Waals surface area contributed by atoms with Crippen LogP contribution in [0.15, 0.2) is 12.1 Å². The molecule has 1 fully saturated rings. The summed E-state index contributed by atoms with van der Waals surface area (Å²) < 4.78 is 0. The van der Waals surface area contributed by atoms with E-state index >= 15 is 0 Å². The summed E-state index contributed by atoms with van der Waals surface area (Å²) >= 11 is 11.8. The van der Waals surface area contributed by atoms with E-state index in [0.717, 1.165) is 18.0 Å². The van der Waals surface area contributed by atoms with E-state index in [1.807, 2.05) is 12.1 Å². The van der Waals surface area contributed by atoms with Gasteiger partial charge in [0, 0.05) is 5.54 Å². The van der Waals surface area contributed by atoms with Crippen LogP contribution in [0.4, 0.5) is 0 Å². The first-order valence-corrected chi connectivity index (χ1v) is 6.31. The van der Waals surface area contributed by atoms with Gasteiger partial charge < -0.3 is 5.32 Å². The van der Waals surface area contributed by atoms with Gasteiger partial charge in [0.15, 0.2) is 0 Å². The highest BCUT2D eigenvalue weighted by Gasteiger charge is 2.26. The number of hydrogen-bond donors (Lipinski definition) is 1. The molecule has 0 aromatic carbocycles. The average Bonchev–Trinajstić information content (AvgIpc) is 2.96. The quantitative estimate of drug-likeness (QED) is 0.835. The zero-order valence-corrected chi connectivity index (χ0v) is 11.1. The van der Waals surface area contributed by atoms with Crippen molar-refractivity contribution in [3.05, 3.63) is 28.0 Å². The van der Waals surface area contributed by atoms with Gasteiger partial charge in [-0.05, 0) is 56.8 Å². The van der Waals surface area contributed by atoms with Gasteiger partial charge in [0.1, 0.15) is 10.3 Å². The lowest BCUT2D eigenvalue weighted by Gasteiger charge is -2.27. The van der Waals surface area contributed by atoms with Gasteiger partial charge in [-0.1, -0.05) is 23.2 Å². The molecule has 0 atom stereocenters. The summed E-state index contributed by atoms with van der Waals surface area (Å²) in [4.78, 5) is 3.96. The van der Waals surface area contributed by atoms with E-state index in [1.165, 1.54) is 12.8 Å². The summed E-state index contributed by atoms with van der Waals surface area (Å²) in [5.74, 6) is 0.854. The van der Waals surface area contributed by atoms with Gasteiger partial charge in [0.05, 0.1) is 0 Å². The van der Waals surface area contributed by atoms with E-state index < -0.39 is 0 Å². The third-order valence-electron chi connectivity index (χ3n) is 3.01. The molecule has 0 radical (unpaired) electrons. The molecule has 1 aliphatic rings. The maximum atomic E-state index is 5.91. The summed E-state index contributed by atoms with van der Waals surface area (Å²) in [7, 11) is 0. The molecule has 16 heavy (non-hydrogen) atoms. The predicted octanol–water partition coefficient (Wildman–Crippen LogP) is 3.62. The van der Waals surface area contributed by atoms with E-state index in [9.17, 15) is 0 Å². The van der Waals surface area contributed by atoms with Crippen LogP contribution >= 0.6 is 23.2 Å². The number of aromatic nitrogens is 1. The van der Waals surface area contributed by atoms with Crippen molar-refractivity contribution in [1.29, 1.82) is 0 Å². The molecule has 0 aliphatic heterocycles. The molecule has 2 nitrogen and oxygen atoms in total. The molecule has 0 saturated heterocycles. The van der Waals surface area contributed by atoms with Crippen molar-refractivity contribution < 1.29 is 0 Å². The largest absolute Gasteiger partial charge is 0.308 e. The topological polar surface area (TPSA) is 24.9 Å². The molecule has 0 bridgehead atoms. The number of pyridine rings is 1. The molecule has 2 rings (SSSR count). The lowest BCUT2D eigenvalue weighted by Crippen LogP contribution is -2.37. The minimum Gasteiger partial charge on any atom is -0.308 e. The molecule has 1 aromatic heterocycles. The Hall–Kier alpha value is -0.310. The Bertz CT molecular complexity index is 366. The van der Waals surface area contributed by atoms with Gasteiger partial charge in [-0.15, -0.1) is 0 Å². The fourth-order valence-electron chi connectivity index (χ4n) is 1.65. The second-order valence-corrected chi connectivity index (χ2v) is 5.73. The molecule has 88 valence electrons. The standard InChI is InChI=1S/C12H16Cl2N2/c1-12(2,15-7-8-3-4-8)9-5-10(13)16-11(14)6-9/h5-6,8,15H,3-4,7H2,1-2H3. The summed E-state index contributed by atoms with van der Waals surface area (Å²) in [6, 6.07) is 3.74. The minimum atomic E-state index is -0.112. The molecule has 0 spiro atoms. The van der Waals surface area contributed by atoms with Crippen LogP contribution in [-0.2, 0) is 5.54 Å². The van der Waals surface area contributed by atoms with Gasteiger partial charge >= 0.3 is 0 Å². The molecule has 1 saturated carbocycles. The summed E-state index contributed by atoms with van der Waals surface area (Å²) in [6.45, 7) is 5.33. The van der Waals surface area contributed by atoms with Crippen molar-refractivity contribution in [1.82, 2.24) is 10.3 Å². The fraction of sp³-hybridized carbons (Fsp3) is 0.583. The van der Waals surface area contributed by atoms with Gasteiger partial charge in [-0.25, -0.2) is 4.98 Å². The zero-order valence-electron chi connectivity index (χ0n) is 9.56. The van der Waals surface area contributed by atoms with Crippen molar-refractivity contribution in [2.24, 2.45) is 5.92 Å². The van der Waals surface area contributed by atoms with Crippen LogP contribution < -0.4 is 5.32 Å². The van der Waals surface area contributed by atoms with Crippen LogP contribution in [0, 0.1) is 5.92 Å². The summed E-state index contributed by atoms with van der Waals surface area (Å²) in [5, 5.41) is 4.44. The molecular weight excluding hydrogens is 243 g/mol. The van der Waals surface area contributed by atoms with Crippen molar-refractivity contribution >= 4 is 23.2 Å². The van der Waals surface area contributed by atoms with E-state index in [4.69, 9.17) is 23.2 Å². The first-order valence-electron chi connectivity index (χ1n) is 5.56. The summed E-state index contributed by atoms with van der Waals surface area (Å²) in [5.41, 5.74) is 0.969. The number of nitrogens with one attached hydrogen (secondary N) is 1. The number of nitrogens with zero attached hydrogens (tertiary/aromatic N) is 1. The third kappa shape index (κ3) is 3.09. The highest BCUT2D eigenvalue weighted by Crippen LogP contribution is 2.30. The Kier molecular flexibility index (Phi) is 3.43. The Morgan fingerprint density at radius 1 is 1.31 bits per heavy atom. The molecule has 0 amide bonds. The third-order valence-corrected chi connectivity index (χ3v) is 3.40. The van der Waals surface area contributed by atoms with Crippen LogP contribution in [0.2, 0.25) is 10.3 Å². The second-order valence-electron chi connectivity index (χ2n) is 4.95. The zero-order chi connectivity index (χ0) is 11.8. The molecule has 1 N–H and O–H groups in total. The number of rotatable bonds is 4. The number of hydrogen-bond acceptors (Lipinski definition) is 2. The van der Waals surface area contributed by atoms with Crippen LogP contribution in [-0.4, -0.2) is 11.5 Å². The van der Waals surface area contributed by atoms with Crippen LogP contribution in [0.3, 0.4) is 0 Å². The average molecular weight is 259 g/mol. The van der Waals surface area contributed by atoms with Crippen molar-refractivity contribution in [2.75, 3.05) is 6.54 Å². The first-order chi connectivity index (χ1) is 7.47. The van der Waals surface area contributed by atoms with Crippen molar-refractivity contribution in [2.45, 2.75) is 32.2 Å². The highest BCUT2D eigenvalue weighted by atomic mass is 35.5. The monoisotopic (exact) mass is 258 g/mol. The Balaban J connectivity index is 2.12. The normalized spacial score (nSPS) is 16.5. The molecule has 1 aromatic rings. The van der Waals surface area contributed by atoms with E-state index in [0.29, 0.717) is 10.3 Å². The highest BCUT2D eigenvalue weighted by molar-refractivity contribution is 6.32. The van der Waals surface area contributed by atoms with Gasteiger partial charge in [-0.2, -0.15) is 0 Å². The molecule has 1 heterocycles. The van der Waals surface area contributed by atoms with E-state index in [2.05, 4.69) is 24.1 Å². The summed E-state index contributed by atoms with van der Waals surface area (Å²) in [6.07, 6.45) is 2.70. The Morgan fingerprint density at radius 2 is 1.88 bits per heavy atom. The van der Waals surface area contributed by atoms with Crippen LogP contribution in [0.5, 0.6) is 0 Å². The lowest BCUT2D eigenvalue weighted by atomic mass is 9.95. The predicted molar refractivity (Wildman–Crippen MR) is 68.0 cm³/mol. The minimum absolute atomic E-state index is 0.112. The lowest BCUT2D eigenvalue weighted by molar-refractivity contribution is 0.394. The van der Waals surface area contributed by atoms with Crippen LogP contribution in [0.1, 0.15) is 32.3 Å². The molecule has 1 aliphatic carbocycles.